The van der Waals surface area contributed by atoms with Gasteiger partial charge in [0.05, 0.1) is 6.04 Å². The average molecular weight is 354 g/mol. The maximum absolute atomic E-state index is 13.0. The molecule has 1 atom stereocenters. The molecule has 1 aliphatic heterocycles. The molecular weight excluding hydrogens is 327 g/mol. The van der Waals surface area contributed by atoms with Gasteiger partial charge >= 0.3 is 0 Å². The van der Waals surface area contributed by atoms with Crippen molar-refractivity contribution in [1.82, 2.24) is 10.2 Å². The van der Waals surface area contributed by atoms with E-state index in [-0.39, 0.29) is 23.7 Å². The Morgan fingerprint density at radius 1 is 1.12 bits per heavy atom. The Morgan fingerprint density at radius 2 is 1.77 bits per heavy atom. The highest BCUT2D eigenvalue weighted by molar-refractivity contribution is 5.79. The molecule has 0 aromatic heterocycles. The summed E-state index contributed by atoms with van der Waals surface area (Å²) in [6, 6.07) is 16.9. The third-order valence-electron chi connectivity index (χ3n) is 5.20. The molecule has 3 rings (SSSR count). The van der Waals surface area contributed by atoms with Gasteiger partial charge in [-0.2, -0.15) is 0 Å². The Balaban J connectivity index is 1.49. The maximum Gasteiger partial charge on any atom is 0.223 e. The van der Waals surface area contributed by atoms with Crippen LogP contribution in [0, 0.1) is 11.7 Å². The molecule has 26 heavy (non-hydrogen) atoms. The van der Waals surface area contributed by atoms with Crippen LogP contribution in [-0.2, 0) is 11.3 Å². The molecule has 0 radical (unpaired) electrons. The van der Waals surface area contributed by atoms with Crippen molar-refractivity contribution in [1.29, 1.82) is 0 Å². The number of benzene rings is 2. The molecule has 1 aliphatic rings. The predicted molar refractivity (Wildman–Crippen MR) is 102 cm³/mol. The minimum Gasteiger partial charge on any atom is -0.349 e. The van der Waals surface area contributed by atoms with Crippen LogP contribution in [0.4, 0.5) is 4.39 Å². The SMILES string of the molecule is CCC(NC(=O)C1CCN(Cc2ccc(F)cc2)CC1)c1ccccc1. The summed E-state index contributed by atoms with van der Waals surface area (Å²) in [6.07, 6.45) is 2.63. The number of piperidine rings is 1. The van der Waals surface area contributed by atoms with Crippen molar-refractivity contribution in [2.24, 2.45) is 5.92 Å². The molecule has 1 fully saturated rings. The average Bonchev–Trinajstić information content (AvgIpc) is 2.69. The monoisotopic (exact) mass is 354 g/mol. The zero-order chi connectivity index (χ0) is 18.4. The Kier molecular flexibility index (Phi) is 6.40. The van der Waals surface area contributed by atoms with Gasteiger partial charge in [-0.3, -0.25) is 9.69 Å². The molecule has 0 saturated carbocycles. The van der Waals surface area contributed by atoms with E-state index in [1.54, 1.807) is 0 Å². The topological polar surface area (TPSA) is 32.3 Å². The minimum absolute atomic E-state index is 0.0808. The van der Waals surface area contributed by atoms with E-state index >= 15 is 0 Å². The number of rotatable bonds is 6. The predicted octanol–water partition coefficient (Wildman–Crippen LogP) is 4.31. The molecule has 0 spiro atoms. The first-order valence-electron chi connectivity index (χ1n) is 9.48. The molecule has 2 aromatic rings. The fraction of sp³-hybridized carbons (Fsp3) is 0.409. The standard InChI is InChI=1S/C22H27FN2O/c1-2-21(18-6-4-3-5-7-18)24-22(26)19-12-14-25(15-13-19)16-17-8-10-20(23)11-9-17/h3-11,19,21H,2,12-16H2,1H3,(H,24,26). The molecule has 1 N–H and O–H groups in total. The lowest BCUT2D eigenvalue weighted by Crippen LogP contribution is -2.41. The molecule has 4 heteroatoms. The van der Waals surface area contributed by atoms with E-state index < -0.39 is 0 Å². The Bertz CT molecular complexity index is 694. The number of likely N-dealkylation sites (tertiary alicyclic amines) is 1. The zero-order valence-electron chi connectivity index (χ0n) is 15.3. The summed E-state index contributed by atoms with van der Waals surface area (Å²) in [5.41, 5.74) is 2.28. The molecular formula is C22H27FN2O. The number of halogens is 1. The summed E-state index contributed by atoms with van der Waals surface area (Å²) >= 11 is 0. The van der Waals surface area contributed by atoms with Crippen molar-refractivity contribution < 1.29 is 9.18 Å². The fourth-order valence-corrected chi connectivity index (χ4v) is 3.60. The third kappa shape index (κ3) is 4.92. The van der Waals surface area contributed by atoms with Gasteiger partial charge in [0.2, 0.25) is 5.91 Å². The second-order valence-corrected chi connectivity index (χ2v) is 7.06. The molecule has 2 aromatic carbocycles. The molecule has 0 bridgehead atoms. The molecule has 138 valence electrons. The molecule has 1 amide bonds. The molecule has 1 unspecified atom stereocenters. The Hall–Kier alpha value is -2.20. The smallest absolute Gasteiger partial charge is 0.223 e. The molecule has 1 saturated heterocycles. The lowest BCUT2D eigenvalue weighted by Gasteiger charge is -2.32. The highest BCUT2D eigenvalue weighted by Gasteiger charge is 2.26. The summed E-state index contributed by atoms with van der Waals surface area (Å²) in [6.45, 7) is 4.72. The summed E-state index contributed by atoms with van der Waals surface area (Å²) in [5.74, 6) is 0.0485. The lowest BCUT2D eigenvalue weighted by atomic mass is 9.94. The Morgan fingerprint density at radius 3 is 2.38 bits per heavy atom. The van der Waals surface area contributed by atoms with E-state index in [0.29, 0.717) is 0 Å². The van der Waals surface area contributed by atoms with E-state index in [2.05, 4.69) is 29.3 Å². The van der Waals surface area contributed by atoms with Crippen molar-refractivity contribution in [2.45, 2.75) is 38.8 Å². The van der Waals surface area contributed by atoms with Crippen LogP contribution in [0.3, 0.4) is 0 Å². The Labute approximate surface area is 155 Å². The largest absolute Gasteiger partial charge is 0.349 e. The summed E-state index contributed by atoms with van der Waals surface area (Å²) in [5, 5.41) is 3.22. The van der Waals surface area contributed by atoms with Gasteiger partial charge in [0, 0.05) is 12.5 Å². The van der Waals surface area contributed by atoms with E-state index in [1.807, 2.05) is 30.3 Å². The van der Waals surface area contributed by atoms with Crippen LogP contribution < -0.4 is 5.32 Å². The summed E-state index contributed by atoms with van der Waals surface area (Å²) in [7, 11) is 0. The number of nitrogens with one attached hydrogen (secondary N) is 1. The molecule has 1 heterocycles. The van der Waals surface area contributed by atoms with Gasteiger partial charge < -0.3 is 5.32 Å². The van der Waals surface area contributed by atoms with Crippen molar-refractivity contribution in [3.63, 3.8) is 0 Å². The van der Waals surface area contributed by atoms with Gasteiger partial charge in [0.25, 0.3) is 0 Å². The second-order valence-electron chi connectivity index (χ2n) is 7.06. The number of amides is 1. The first-order valence-corrected chi connectivity index (χ1v) is 9.48. The number of nitrogens with zero attached hydrogens (tertiary/aromatic N) is 1. The van der Waals surface area contributed by atoms with Crippen molar-refractivity contribution in [3.8, 4) is 0 Å². The van der Waals surface area contributed by atoms with Crippen LogP contribution in [0.25, 0.3) is 0 Å². The minimum atomic E-state index is -0.201. The summed E-state index contributed by atoms with van der Waals surface area (Å²) < 4.78 is 13.0. The molecule has 3 nitrogen and oxygen atoms in total. The van der Waals surface area contributed by atoms with Crippen LogP contribution in [0.5, 0.6) is 0 Å². The normalized spacial score (nSPS) is 17.0. The van der Waals surface area contributed by atoms with Crippen molar-refractivity contribution in [3.05, 3.63) is 71.5 Å². The van der Waals surface area contributed by atoms with Crippen LogP contribution in [0.15, 0.2) is 54.6 Å². The second kappa shape index (κ2) is 8.95. The van der Waals surface area contributed by atoms with Gasteiger partial charge in [-0.15, -0.1) is 0 Å². The first-order chi connectivity index (χ1) is 12.7. The van der Waals surface area contributed by atoms with Crippen LogP contribution in [0.2, 0.25) is 0 Å². The van der Waals surface area contributed by atoms with E-state index in [1.165, 1.54) is 12.1 Å². The zero-order valence-corrected chi connectivity index (χ0v) is 15.3. The number of carbonyl (C=O) groups is 1. The van der Waals surface area contributed by atoms with Crippen LogP contribution in [0.1, 0.15) is 43.4 Å². The van der Waals surface area contributed by atoms with Gasteiger partial charge in [-0.25, -0.2) is 4.39 Å². The third-order valence-corrected chi connectivity index (χ3v) is 5.20. The van der Waals surface area contributed by atoms with Gasteiger partial charge in [-0.1, -0.05) is 49.4 Å². The van der Waals surface area contributed by atoms with Crippen LogP contribution >= 0.6 is 0 Å². The fourth-order valence-electron chi connectivity index (χ4n) is 3.60. The van der Waals surface area contributed by atoms with Crippen molar-refractivity contribution in [2.75, 3.05) is 13.1 Å². The highest BCUT2D eigenvalue weighted by Crippen LogP contribution is 2.22. The van der Waals surface area contributed by atoms with E-state index in [9.17, 15) is 9.18 Å². The van der Waals surface area contributed by atoms with Crippen LogP contribution in [-0.4, -0.2) is 23.9 Å². The highest BCUT2D eigenvalue weighted by atomic mass is 19.1. The van der Waals surface area contributed by atoms with Gasteiger partial charge in [-0.05, 0) is 55.6 Å². The van der Waals surface area contributed by atoms with Gasteiger partial charge in [0.1, 0.15) is 5.82 Å². The first kappa shape index (κ1) is 18.6. The quantitative estimate of drug-likeness (QED) is 0.839. The van der Waals surface area contributed by atoms with E-state index in [4.69, 9.17) is 0 Å². The number of hydrogen-bond acceptors (Lipinski definition) is 2. The van der Waals surface area contributed by atoms with Gasteiger partial charge in [0.15, 0.2) is 0 Å². The van der Waals surface area contributed by atoms with E-state index in [0.717, 1.165) is 50.0 Å². The number of carbonyl (C=O) groups excluding carboxylic acids is 1. The maximum atomic E-state index is 13.0. The van der Waals surface area contributed by atoms with Crippen molar-refractivity contribution >= 4 is 5.91 Å². The summed E-state index contributed by atoms with van der Waals surface area (Å²) in [4.78, 5) is 15.0. The molecule has 0 aliphatic carbocycles. The number of hydrogen-bond donors (Lipinski definition) is 1. The lowest BCUT2D eigenvalue weighted by molar-refractivity contribution is -0.127.